The molecule has 0 bridgehead atoms. The number of benzene rings is 1. The van der Waals surface area contributed by atoms with E-state index in [4.69, 9.17) is 0 Å². The molecule has 21 heavy (non-hydrogen) atoms. The van der Waals surface area contributed by atoms with Gasteiger partial charge in [-0.25, -0.2) is 0 Å². The Labute approximate surface area is 124 Å². The van der Waals surface area contributed by atoms with E-state index in [-0.39, 0.29) is 24.3 Å². The summed E-state index contributed by atoms with van der Waals surface area (Å²) in [7, 11) is 1.70. The summed E-state index contributed by atoms with van der Waals surface area (Å²) in [5, 5.41) is 6.21. The molecule has 1 fully saturated rings. The zero-order chi connectivity index (χ0) is 14.8. The molecule has 1 atom stereocenters. The topological polar surface area (TPSA) is 61.4 Å². The van der Waals surface area contributed by atoms with Gasteiger partial charge in [-0.2, -0.15) is 0 Å². The number of carbonyl (C=O) groups excluding carboxylic acids is 2. The molecule has 2 N–H and O–H groups in total. The lowest BCUT2D eigenvalue weighted by Crippen LogP contribution is -2.44. The molecule has 112 valence electrons. The number of nitrogens with one attached hydrogen (secondary N) is 2. The van der Waals surface area contributed by atoms with Crippen LogP contribution < -0.4 is 10.6 Å². The minimum absolute atomic E-state index is 0.0305. The predicted molar refractivity (Wildman–Crippen MR) is 80.9 cm³/mol. The van der Waals surface area contributed by atoms with E-state index in [1.807, 2.05) is 24.3 Å². The Balaban J connectivity index is 1.56. The monoisotopic (exact) mass is 287 g/mol. The fourth-order valence-electron chi connectivity index (χ4n) is 2.72. The van der Waals surface area contributed by atoms with Crippen molar-refractivity contribution >= 4 is 17.5 Å². The highest BCUT2D eigenvalue weighted by Crippen LogP contribution is 2.25. The summed E-state index contributed by atoms with van der Waals surface area (Å²) in [6.07, 6.45) is 2.86. The van der Waals surface area contributed by atoms with Gasteiger partial charge >= 0.3 is 0 Å². The van der Waals surface area contributed by atoms with Crippen LogP contribution in [0, 0.1) is 5.92 Å². The minimum atomic E-state index is -0.0985. The summed E-state index contributed by atoms with van der Waals surface area (Å²) >= 11 is 0. The van der Waals surface area contributed by atoms with Crippen LogP contribution in [0.2, 0.25) is 0 Å². The average Bonchev–Trinajstić information content (AvgIpc) is 3.29. The number of carbonyl (C=O) groups is 2. The standard InChI is InChI=1S/C16H21N3O2/c1-19(10-15(20)18-13-6-7-13)16(21)12-8-11-4-2-3-5-14(11)17-9-12/h2-5,12-13,17H,6-10H2,1H3,(H,18,20). The van der Waals surface area contributed by atoms with Gasteiger partial charge < -0.3 is 15.5 Å². The molecule has 1 saturated carbocycles. The van der Waals surface area contributed by atoms with Crippen molar-refractivity contribution in [3.63, 3.8) is 0 Å². The molecule has 0 radical (unpaired) electrons. The number of nitrogens with zero attached hydrogens (tertiary/aromatic N) is 1. The number of hydrogen-bond acceptors (Lipinski definition) is 3. The van der Waals surface area contributed by atoms with E-state index in [1.54, 1.807) is 7.05 Å². The third kappa shape index (κ3) is 3.35. The Morgan fingerprint density at radius 2 is 2.10 bits per heavy atom. The molecule has 0 saturated heterocycles. The maximum absolute atomic E-state index is 12.5. The van der Waals surface area contributed by atoms with E-state index >= 15 is 0 Å². The van der Waals surface area contributed by atoms with Crippen molar-refractivity contribution in [3.8, 4) is 0 Å². The molecule has 1 heterocycles. The molecule has 2 aliphatic rings. The largest absolute Gasteiger partial charge is 0.384 e. The smallest absolute Gasteiger partial charge is 0.239 e. The van der Waals surface area contributed by atoms with Crippen molar-refractivity contribution in [2.75, 3.05) is 25.5 Å². The van der Waals surface area contributed by atoms with Gasteiger partial charge in [0.25, 0.3) is 0 Å². The van der Waals surface area contributed by atoms with E-state index < -0.39 is 0 Å². The second-order valence-corrected chi connectivity index (χ2v) is 5.98. The van der Waals surface area contributed by atoms with Gasteiger partial charge in [-0.3, -0.25) is 9.59 Å². The van der Waals surface area contributed by atoms with Gasteiger partial charge in [0.1, 0.15) is 0 Å². The first kappa shape index (κ1) is 13.9. The van der Waals surface area contributed by atoms with Crippen LogP contribution in [0.1, 0.15) is 18.4 Å². The van der Waals surface area contributed by atoms with E-state index in [1.165, 1.54) is 4.90 Å². The molecule has 1 unspecified atom stereocenters. The number of likely N-dealkylation sites (N-methyl/N-ethyl adjacent to an activating group) is 1. The number of rotatable bonds is 4. The van der Waals surface area contributed by atoms with Crippen LogP contribution in [0.25, 0.3) is 0 Å². The molecular formula is C16H21N3O2. The summed E-state index contributed by atoms with van der Waals surface area (Å²) in [6.45, 7) is 0.776. The van der Waals surface area contributed by atoms with E-state index in [0.29, 0.717) is 12.6 Å². The summed E-state index contributed by atoms with van der Waals surface area (Å²) in [4.78, 5) is 25.8. The number of hydrogen-bond donors (Lipinski definition) is 2. The lowest BCUT2D eigenvalue weighted by Gasteiger charge is -2.28. The Morgan fingerprint density at radius 1 is 1.33 bits per heavy atom. The lowest BCUT2D eigenvalue weighted by atomic mass is 9.93. The molecule has 0 aromatic heterocycles. The lowest BCUT2D eigenvalue weighted by molar-refractivity contribution is -0.137. The van der Waals surface area contributed by atoms with Crippen LogP contribution in [-0.4, -0.2) is 42.9 Å². The van der Waals surface area contributed by atoms with E-state index in [9.17, 15) is 9.59 Å². The highest BCUT2D eigenvalue weighted by molar-refractivity contribution is 5.86. The van der Waals surface area contributed by atoms with Crippen LogP contribution >= 0.6 is 0 Å². The first-order valence-corrected chi connectivity index (χ1v) is 7.49. The number of amides is 2. The molecule has 2 amide bonds. The highest BCUT2D eigenvalue weighted by Gasteiger charge is 2.29. The highest BCUT2D eigenvalue weighted by atomic mass is 16.2. The van der Waals surface area contributed by atoms with Gasteiger partial charge in [-0.15, -0.1) is 0 Å². The first-order chi connectivity index (χ1) is 10.1. The molecule has 1 aliphatic heterocycles. The van der Waals surface area contributed by atoms with E-state index in [2.05, 4.69) is 10.6 Å². The Bertz CT molecular complexity index is 554. The van der Waals surface area contributed by atoms with Crippen LogP contribution in [0.3, 0.4) is 0 Å². The Kier molecular flexibility index (Phi) is 3.82. The van der Waals surface area contributed by atoms with Gasteiger partial charge in [0.05, 0.1) is 12.5 Å². The zero-order valence-corrected chi connectivity index (χ0v) is 12.3. The molecule has 1 aliphatic carbocycles. The predicted octanol–water partition coefficient (Wildman–Crippen LogP) is 1.01. The van der Waals surface area contributed by atoms with Crippen molar-refractivity contribution in [1.29, 1.82) is 0 Å². The SMILES string of the molecule is CN(CC(=O)NC1CC1)C(=O)C1CNc2ccccc2C1. The molecule has 1 aromatic carbocycles. The van der Waals surface area contributed by atoms with Gasteiger partial charge in [0.15, 0.2) is 0 Å². The molecule has 3 rings (SSSR count). The van der Waals surface area contributed by atoms with Gasteiger partial charge in [-0.1, -0.05) is 18.2 Å². The van der Waals surface area contributed by atoms with Crippen LogP contribution in [0.5, 0.6) is 0 Å². The zero-order valence-electron chi connectivity index (χ0n) is 12.3. The third-order valence-corrected chi connectivity index (χ3v) is 4.07. The molecule has 5 nitrogen and oxygen atoms in total. The van der Waals surface area contributed by atoms with Crippen LogP contribution in [-0.2, 0) is 16.0 Å². The summed E-state index contributed by atoms with van der Waals surface area (Å²) < 4.78 is 0. The van der Waals surface area contributed by atoms with Crippen LogP contribution in [0.4, 0.5) is 5.69 Å². The fraction of sp³-hybridized carbons (Fsp3) is 0.500. The first-order valence-electron chi connectivity index (χ1n) is 7.49. The van der Waals surface area contributed by atoms with Crippen molar-refractivity contribution < 1.29 is 9.59 Å². The van der Waals surface area contributed by atoms with Crippen LogP contribution in [0.15, 0.2) is 24.3 Å². The molecule has 0 spiro atoms. The quantitative estimate of drug-likeness (QED) is 0.869. The minimum Gasteiger partial charge on any atom is -0.384 e. The molecule has 1 aromatic rings. The fourth-order valence-corrected chi connectivity index (χ4v) is 2.72. The molecule has 5 heteroatoms. The van der Waals surface area contributed by atoms with Crippen molar-refractivity contribution in [2.45, 2.75) is 25.3 Å². The van der Waals surface area contributed by atoms with Crippen molar-refractivity contribution in [1.82, 2.24) is 10.2 Å². The Morgan fingerprint density at radius 3 is 2.86 bits per heavy atom. The maximum Gasteiger partial charge on any atom is 0.239 e. The number of para-hydroxylation sites is 1. The average molecular weight is 287 g/mol. The summed E-state index contributed by atoms with van der Waals surface area (Å²) in [5.74, 6) is -0.126. The third-order valence-electron chi connectivity index (χ3n) is 4.07. The van der Waals surface area contributed by atoms with Gasteiger partial charge in [0, 0.05) is 25.3 Å². The van der Waals surface area contributed by atoms with Gasteiger partial charge in [0.2, 0.25) is 11.8 Å². The van der Waals surface area contributed by atoms with Crippen molar-refractivity contribution in [2.24, 2.45) is 5.92 Å². The van der Waals surface area contributed by atoms with E-state index in [0.717, 1.165) is 30.5 Å². The summed E-state index contributed by atoms with van der Waals surface area (Å²) in [6, 6.07) is 8.39. The molecular weight excluding hydrogens is 266 g/mol. The van der Waals surface area contributed by atoms with Gasteiger partial charge in [-0.05, 0) is 30.9 Å². The Hall–Kier alpha value is -2.04. The maximum atomic E-state index is 12.5. The second-order valence-electron chi connectivity index (χ2n) is 5.98. The number of fused-ring (bicyclic) bond motifs is 1. The number of anilines is 1. The second kappa shape index (κ2) is 5.76. The summed E-state index contributed by atoms with van der Waals surface area (Å²) in [5.41, 5.74) is 2.27. The van der Waals surface area contributed by atoms with Crippen molar-refractivity contribution in [3.05, 3.63) is 29.8 Å². The normalized spacial score (nSPS) is 20.1.